The molecule has 0 aliphatic heterocycles. The molecule has 2 rings (SSSR count). The molecule has 9 heteroatoms. The molecule has 0 spiro atoms. The zero-order valence-corrected chi connectivity index (χ0v) is 20.8. The van der Waals surface area contributed by atoms with Gasteiger partial charge in [-0.15, -0.1) is 0 Å². The van der Waals surface area contributed by atoms with Crippen LogP contribution in [0.2, 0.25) is 0 Å². The fraction of sp³-hybridized carbons (Fsp3) is 0.462. The summed E-state index contributed by atoms with van der Waals surface area (Å²) in [6, 6.07) is 11.5. The Morgan fingerprint density at radius 3 is 2.17 bits per heavy atom. The second-order valence-electron chi connectivity index (χ2n) is 9.67. The third kappa shape index (κ3) is 9.53. The Bertz CT molecular complexity index is 1010. The van der Waals surface area contributed by atoms with E-state index < -0.39 is 41.6 Å². The van der Waals surface area contributed by atoms with Crippen molar-refractivity contribution in [2.45, 2.75) is 71.2 Å². The standard InChI is InChI=1S/C26H34N4O5/c1-17(2)14-19(30-25(33)35-26(3,4)5)23(31)28-20(15-18-10-7-6-8-11-18)24(32)29-21(16-27)22-12-9-13-34-22/h6-13,17,19-21H,14-15H2,1-5H3,(H,28,31)(H,29,32)(H,30,33). The first-order valence-corrected chi connectivity index (χ1v) is 11.6. The van der Waals surface area contributed by atoms with Crippen LogP contribution >= 0.6 is 0 Å². The molecule has 1 aromatic carbocycles. The summed E-state index contributed by atoms with van der Waals surface area (Å²) in [5.41, 5.74) is 0.0940. The number of hydrogen-bond donors (Lipinski definition) is 3. The van der Waals surface area contributed by atoms with Crippen LogP contribution < -0.4 is 16.0 Å². The second kappa shape index (κ2) is 12.6. The summed E-state index contributed by atoms with van der Waals surface area (Å²) in [6.07, 6.45) is 1.23. The summed E-state index contributed by atoms with van der Waals surface area (Å²) < 4.78 is 10.5. The maximum Gasteiger partial charge on any atom is 0.408 e. The minimum Gasteiger partial charge on any atom is -0.466 e. The van der Waals surface area contributed by atoms with Gasteiger partial charge in [0.05, 0.1) is 12.3 Å². The summed E-state index contributed by atoms with van der Waals surface area (Å²) in [5.74, 6) is -0.697. The SMILES string of the molecule is CC(C)CC(NC(=O)OC(C)(C)C)C(=O)NC(Cc1ccccc1)C(=O)NC(C#N)c1ccco1. The van der Waals surface area contributed by atoms with E-state index in [9.17, 15) is 19.6 Å². The fourth-order valence-electron chi connectivity index (χ4n) is 3.35. The molecule has 188 valence electrons. The predicted molar refractivity (Wildman–Crippen MR) is 130 cm³/mol. The number of benzene rings is 1. The Morgan fingerprint density at radius 2 is 1.63 bits per heavy atom. The lowest BCUT2D eigenvalue weighted by Crippen LogP contribution is -2.55. The molecule has 0 fully saturated rings. The fourth-order valence-corrected chi connectivity index (χ4v) is 3.35. The average molecular weight is 483 g/mol. The summed E-state index contributed by atoms with van der Waals surface area (Å²) in [6.45, 7) is 9.04. The van der Waals surface area contributed by atoms with Crippen molar-refractivity contribution in [2.24, 2.45) is 5.92 Å². The van der Waals surface area contributed by atoms with Gasteiger partial charge in [0.2, 0.25) is 11.8 Å². The number of carbonyl (C=O) groups excluding carboxylic acids is 3. The third-order valence-electron chi connectivity index (χ3n) is 4.87. The van der Waals surface area contributed by atoms with Crippen LogP contribution in [0.15, 0.2) is 53.1 Å². The highest BCUT2D eigenvalue weighted by Gasteiger charge is 2.30. The van der Waals surface area contributed by atoms with Crippen LogP contribution in [0.1, 0.15) is 58.4 Å². The Hall–Kier alpha value is -3.80. The van der Waals surface area contributed by atoms with E-state index in [1.165, 1.54) is 6.26 Å². The lowest BCUT2D eigenvalue weighted by Gasteiger charge is -2.26. The molecule has 35 heavy (non-hydrogen) atoms. The van der Waals surface area contributed by atoms with Gasteiger partial charge in [-0.3, -0.25) is 9.59 Å². The Kier molecular flexibility index (Phi) is 9.88. The van der Waals surface area contributed by atoms with Crippen LogP contribution in [0.4, 0.5) is 4.79 Å². The first-order chi connectivity index (χ1) is 16.5. The number of carbonyl (C=O) groups is 3. The van der Waals surface area contributed by atoms with Crippen LogP contribution in [0.3, 0.4) is 0 Å². The molecule has 3 atom stereocenters. The van der Waals surface area contributed by atoms with Crippen LogP contribution in [0, 0.1) is 17.2 Å². The van der Waals surface area contributed by atoms with Gasteiger partial charge in [-0.1, -0.05) is 44.2 Å². The van der Waals surface area contributed by atoms with Crippen molar-refractivity contribution in [2.75, 3.05) is 0 Å². The van der Waals surface area contributed by atoms with E-state index in [0.29, 0.717) is 6.42 Å². The van der Waals surface area contributed by atoms with Crippen LogP contribution in [-0.4, -0.2) is 35.6 Å². The number of nitrogens with zero attached hydrogens (tertiary/aromatic N) is 1. The van der Waals surface area contributed by atoms with Gasteiger partial charge in [-0.2, -0.15) is 5.26 Å². The van der Waals surface area contributed by atoms with Crippen molar-refractivity contribution in [1.82, 2.24) is 16.0 Å². The minimum absolute atomic E-state index is 0.0870. The third-order valence-corrected chi connectivity index (χ3v) is 4.87. The quantitative estimate of drug-likeness (QED) is 0.474. The van der Waals surface area contributed by atoms with E-state index in [1.54, 1.807) is 32.9 Å². The van der Waals surface area contributed by atoms with Crippen LogP contribution in [-0.2, 0) is 20.7 Å². The number of nitrogens with one attached hydrogen (secondary N) is 3. The lowest BCUT2D eigenvalue weighted by atomic mass is 10.0. The maximum atomic E-state index is 13.2. The number of amides is 3. The molecule has 0 bridgehead atoms. The van der Waals surface area contributed by atoms with Crippen LogP contribution in [0.5, 0.6) is 0 Å². The van der Waals surface area contributed by atoms with Crippen molar-refractivity contribution in [3.8, 4) is 6.07 Å². The first kappa shape index (κ1) is 27.4. The van der Waals surface area contributed by atoms with Gasteiger partial charge in [0, 0.05) is 6.42 Å². The molecule has 0 saturated heterocycles. The van der Waals surface area contributed by atoms with Gasteiger partial charge < -0.3 is 25.1 Å². The molecule has 1 heterocycles. The smallest absolute Gasteiger partial charge is 0.408 e. The minimum atomic E-state index is -1.01. The van der Waals surface area contributed by atoms with Crippen molar-refractivity contribution in [3.63, 3.8) is 0 Å². The van der Waals surface area contributed by atoms with Gasteiger partial charge in [0.25, 0.3) is 0 Å². The highest BCUT2D eigenvalue weighted by atomic mass is 16.6. The molecule has 0 saturated carbocycles. The zero-order valence-electron chi connectivity index (χ0n) is 20.8. The summed E-state index contributed by atoms with van der Waals surface area (Å²) >= 11 is 0. The molecule has 3 amide bonds. The van der Waals surface area contributed by atoms with Gasteiger partial charge in [0.1, 0.15) is 23.4 Å². The second-order valence-corrected chi connectivity index (χ2v) is 9.67. The molecule has 3 N–H and O–H groups in total. The van der Waals surface area contributed by atoms with E-state index in [4.69, 9.17) is 9.15 Å². The van der Waals surface area contributed by atoms with E-state index in [2.05, 4.69) is 16.0 Å². The van der Waals surface area contributed by atoms with Crippen LogP contribution in [0.25, 0.3) is 0 Å². The number of hydrogen-bond acceptors (Lipinski definition) is 6. The molecule has 1 aromatic heterocycles. The summed E-state index contributed by atoms with van der Waals surface area (Å²) in [7, 11) is 0. The topological polar surface area (TPSA) is 133 Å². The lowest BCUT2D eigenvalue weighted by molar-refractivity contribution is -0.130. The monoisotopic (exact) mass is 482 g/mol. The molecule has 0 aliphatic rings. The summed E-state index contributed by atoms with van der Waals surface area (Å²) in [5, 5.41) is 17.5. The number of ether oxygens (including phenoxy) is 1. The van der Waals surface area contributed by atoms with Gasteiger partial charge in [-0.25, -0.2) is 4.79 Å². The number of nitriles is 1. The normalized spacial score (nSPS) is 13.7. The predicted octanol–water partition coefficient (Wildman–Crippen LogP) is 3.63. The highest BCUT2D eigenvalue weighted by Crippen LogP contribution is 2.14. The number of furan rings is 1. The molecule has 9 nitrogen and oxygen atoms in total. The highest BCUT2D eigenvalue weighted by molar-refractivity contribution is 5.91. The van der Waals surface area contributed by atoms with E-state index >= 15 is 0 Å². The molecule has 3 unspecified atom stereocenters. The molecular formula is C26H34N4O5. The van der Waals surface area contributed by atoms with Crippen molar-refractivity contribution < 1.29 is 23.5 Å². The number of rotatable bonds is 10. The molecular weight excluding hydrogens is 448 g/mol. The Labute approximate surface area is 206 Å². The van der Waals surface area contributed by atoms with Gasteiger partial charge in [0.15, 0.2) is 6.04 Å². The largest absolute Gasteiger partial charge is 0.466 e. The Balaban J connectivity index is 2.21. The maximum absolute atomic E-state index is 13.2. The Morgan fingerprint density at radius 1 is 0.971 bits per heavy atom. The van der Waals surface area contributed by atoms with Crippen molar-refractivity contribution in [1.29, 1.82) is 5.26 Å². The van der Waals surface area contributed by atoms with Gasteiger partial charge in [-0.05, 0) is 50.8 Å². The average Bonchev–Trinajstić information content (AvgIpc) is 3.30. The van der Waals surface area contributed by atoms with Gasteiger partial charge >= 0.3 is 6.09 Å². The van der Waals surface area contributed by atoms with E-state index in [0.717, 1.165) is 5.56 Å². The molecule has 0 radical (unpaired) electrons. The first-order valence-electron chi connectivity index (χ1n) is 11.6. The molecule has 0 aliphatic carbocycles. The van der Waals surface area contributed by atoms with Crippen molar-refractivity contribution in [3.05, 3.63) is 60.1 Å². The number of alkyl carbamates (subject to hydrolysis) is 1. The van der Waals surface area contributed by atoms with Crippen molar-refractivity contribution >= 4 is 17.9 Å². The van der Waals surface area contributed by atoms with E-state index in [1.807, 2.05) is 50.2 Å². The van der Waals surface area contributed by atoms with E-state index in [-0.39, 0.29) is 18.1 Å². The molecule has 2 aromatic rings. The zero-order chi connectivity index (χ0) is 26.0. The summed E-state index contributed by atoms with van der Waals surface area (Å²) in [4.78, 5) is 38.7.